The molecule has 1 fully saturated rings. The zero-order valence-corrected chi connectivity index (χ0v) is 7.37. The molecule has 3 nitrogen and oxygen atoms in total. The summed E-state index contributed by atoms with van der Waals surface area (Å²) in [6.45, 7) is 0. The van der Waals surface area contributed by atoms with E-state index in [1.54, 1.807) is 6.20 Å². The van der Waals surface area contributed by atoms with E-state index < -0.39 is 5.60 Å². The quantitative estimate of drug-likeness (QED) is 0.765. The second-order valence-electron chi connectivity index (χ2n) is 2.75. The van der Waals surface area contributed by atoms with E-state index in [1.807, 2.05) is 0 Å². The van der Waals surface area contributed by atoms with Gasteiger partial charge in [-0.3, -0.25) is 0 Å². The molecule has 58 valence electrons. The molecule has 1 aromatic rings. The van der Waals surface area contributed by atoms with Crippen molar-refractivity contribution in [1.29, 1.82) is 0 Å². The molecular formula is C7H7BrN2O. The summed E-state index contributed by atoms with van der Waals surface area (Å²) in [5, 5.41) is 9.66. The molecule has 1 saturated carbocycles. The Hall–Kier alpha value is -0.480. The van der Waals surface area contributed by atoms with Crippen molar-refractivity contribution in [3.8, 4) is 0 Å². The summed E-state index contributed by atoms with van der Waals surface area (Å²) in [6.07, 6.45) is 4.72. The Balaban J connectivity index is 2.45. The summed E-state index contributed by atoms with van der Waals surface area (Å²) < 4.78 is 0.792. The van der Waals surface area contributed by atoms with Crippen LogP contribution in [0.3, 0.4) is 0 Å². The Morgan fingerprint density at radius 2 is 2.27 bits per heavy atom. The maximum absolute atomic E-state index is 9.66. The molecule has 1 N–H and O–H groups in total. The van der Waals surface area contributed by atoms with Crippen LogP contribution < -0.4 is 0 Å². The highest BCUT2D eigenvalue weighted by atomic mass is 79.9. The third-order valence-corrected chi connectivity index (χ3v) is 2.41. The van der Waals surface area contributed by atoms with Crippen molar-refractivity contribution < 1.29 is 5.11 Å². The number of halogens is 1. The van der Waals surface area contributed by atoms with Crippen LogP contribution in [0.4, 0.5) is 0 Å². The normalized spacial score (nSPS) is 19.8. The Morgan fingerprint density at radius 3 is 2.82 bits per heavy atom. The van der Waals surface area contributed by atoms with Crippen LogP contribution in [0.1, 0.15) is 18.5 Å². The number of nitrogens with zero attached hydrogens (tertiary/aromatic N) is 2. The molecule has 0 radical (unpaired) electrons. The first kappa shape index (κ1) is 7.18. The van der Waals surface area contributed by atoms with Crippen LogP contribution in [-0.2, 0) is 5.60 Å². The minimum absolute atomic E-state index is 0.665. The fourth-order valence-corrected chi connectivity index (χ4v) is 1.60. The van der Waals surface area contributed by atoms with Gasteiger partial charge in [0.2, 0.25) is 0 Å². The summed E-state index contributed by atoms with van der Waals surface area (Å²) >= 11 is 3.29. The van der Waals surface area contributed by atoms with Crippen molar-refractivity contribution in [2.24, 2.45) is 0 Å². The fourth-order valence-electron chi connectivity index (χ4n) is 1.01. The first-order chi connectivity index (χ1) is 5.22. The molecule has 0 unspecified atom stereocenters. The lowest BCUT2D eigenvalue weighted by atomic mass is 10.2. The molecule has 0 saturated heterocycles. The molecule has 0 aromatic carbocycles. The van der Waals surface area contributed by atoms with Crippen molar-refractivity contribution in [1.82, 2.24) is 9.97 Å². The van der Waals surface area contributed by atoms with Gasteiger partial charge in [0.1, 0.15) is 11.9 Å². The van der Waals surface area contributed by atoms with Crippen LogP contribution in [0.2, 0.25) is 0 Å². The molecule has 1 heterocycles. The molecule has 0 aliphatic heterocycles. The number of rotatable bonds is 1. The minimum Gasteiger partial charge on any atom is -0.384 e. The van der Waals surface area contributed by atoms with Gasteiger partial charge >= 0.3 is 0 Å². The topological polar surface area (TPSA) is 46.0 Å². The highest BCUT2D eigenvalue weighted by Crippen LogP contribution is 2.46. The van der Waals surface area contributed by atoms with E-state index in [9.17, 15) is 5.11 Å². The van der Waals surface area contributed by atoms with Gasteiger partial charge in [0, 0.05) is 6.20 Å². The van der Waals surface area contributed by atoms with Crippen LogP contribution in [0, 0.1) is 0 Å². The summed E-state index contributed by atoms with van der Waals surface area (Å²) in [6, 6.07) is 0. The number of hydrogen-bond donors (Lipinski definition) is 1. The van der Waals surface area contributed by atoms with E-state index in [4.69, 9.17) is 0 Å². The van der Waals surface area contributed by atoms with Crippen LogP contribution in [-0.4, -0.2) is 15.1 Å². The molecule has 2 rings (SSSR count). The average molecular weight is 215 g/mol. The van der Waals surface area contributed by atoms with Crippen LogP contribution in [0.15, 0.2) is 17.0 Å². The Labute approximate surface area is 72.6 Å². The summed E-state index contributed by atoms with van der Waals surface area (Å²) in [5.41, 5.74) is 0.0504. The minimum atomic E-state index is -0.665. The number of aromatic nitrogens is 2. The second kappa shape index (κ2) is 2.25. The predicted molar refractivity (Wildman–Crippen MR) is 42.9 cm³/mol. The average Bonchev–Trinajstić information content (AvgIpc) is 2.70. The van der Waals surface area contributed by atoms with Gasteiger partial charge in [-0.25, -0.2) is 9.97 Å². The van der Waals surface area contributed by atoms with Gasteiger partial charge in [-0.05, 0) is 28.8 Å². The number of hydrogen-bond acceptors (Lipinski definition) is 3. The molecule has 11 heavy (non-hydrogen) atoms. The van der Waals surface area contributed by atoms with Gasteiger partial charge in [-0.2, -0.15) is 0 Å². The summed E-state index contributed by atoms with van der Waals surface area (Å²) in [5.74, 6) is 0. The highest BCUT2D eigenvalue weighted by Gasteiger charge is 2.44. The highest BCUT2D eigenvalue weighted by molar-refractivity contribution is 9.10. The van der Waals surface area contributed by atoms with Gasteiger partial charge in [-0.1, -0.05) is 0 Å². The third-order valence-electron chi connectivity index (χ3n) is 1.83. The van der Waals surface area contributed by atoms with Crippen molar-refractivity contribution >= 4 is 15.9 Å². The standard InChI is InChI=1S/C7H7BrN2O/c8-5-3-9-4-10-6(5)7(11)1-2-7/h3-4,11H,1-2H2. The molecule has 0 spiro atoms. The molecule has 1 aliphatic carbocycles. The molecule has 4 heteroatoms. The van der Waals surface area contributed by atoms with Gasteiger partial charge in [0.05, 0.1) is 10.2 Å². The molecule has 0 amide bonds. The van der Waals surface area contributed by atoms with Crippen molar-refractivity contribution in [3.63, 3.8) is 0 Å². The lowest BCUT2D eigenvalue weighted by Gasteiger charge is -2.06. The van der Waals surface area contributed by atoms with Crippen molar-refractivity contribution in [3.05, 3.63) is 22.7 Å². The van der Waals surface area contributed by atoms with Crippen LogP contribution in [0.5, 0.6) is 0 Å². The Bertz CT molecular complexity index is 286. The molecule has 1 aliphatic rings. The molecular weight excluding hydrogens is 208 g/mol. The van der Waals surface area contributed by atoms with Gasteiger partial charge in [0.15, 0.2) is 0 Å². The first-order valence-corrected chi connectivity index (χ1v) is 4.20. The van der Waals surface area contributed by atoms with E-state index in [-0.39, 0.29) is 0 Å². The molecule has 1 aromatic heterocycles. The summed E-state index contributed by atoms with van der Waals surface area (Å²) in [7, 11) is 0. The zero-order valence-electron chi connectivity index (χ0n) is 5.79. The number of aliphatic hydroxyl groups is 1. The van der Waals surface area contributed by atoms with E-state index in [2.05, 4.69) is 25.9 Å². The SMILES string of the molecule is OC1(c2ncncc2Br)CC1. The van der Waals surface area contributed by atoms with Crippen molar-refractivity contribution in [2.75, 3.05) is 0 Å². The van der Waals surface area contributed by atoms with E-state index in [0.717, 1.165) is 17.3 Å². The maximum atomic E-state index is 9.66. The molecule has 0 atom stereocenters. The second-order valence-corrected chi connectivity index (χ2v) is 3.61. The Kier molecular flexibility index (Phi) is 1.47. The van der Waals surface area contributed by atoms with Gasteiger partial charge in [0.25, 0.3) is 0 Å². The molecule has 0 bridgehead atoms. The monoisotopic (exact) mass is 214 g/mol. The summed E-state index contributed by atoms with van der Waals surface area (Å²) in [4.78, 5) is 7.82. The maximum Gasteiger partial charge on any atom is 0.115 e. The third kappa shape index (κ3) is 1.16. The Morgan fingerprint density at radius 1 is 1.55 bits per heavy atom. The van der Waals surface area contributed by atoms with Crippen LogP contribution >= 0.6 is 15.9 Å². The smallest absolute Gasteiger partial charge is 0.115 e. The zero-order chi connectivity index (χ0) is 7.90. The van der Waals surface area contributed by atoms with Crippen molar-refractivity contribution in [2.45, 2.75) is 18.4 Å². The largest absolute Gasteiger partial charge is 0.384 e. The first-order valence-electron chi connectivity index (χ1n) is 3.41. The van der Waals surface area contributed by atoms with E-state index >= 15 is 0 Å². The van der Waals surface area contributed by atoms with E-state index in [1.165, 1.54) is 6.33 Å². The van der Waals surface area contributed by atoms with Gasteiger partial charge in [-0.15, -0.1) is 0 Å². The van der Waals surface area contributed by atoms with E-state index in [0.29, 0.717) is 5.69 Å². The van der Waals surface area contributed by atoms with Crippen LogP contribution in [0.25, 0.3) is 0 Å². The van der Waals surface area contributed by atoms with Gasteiger partial charge < -0.3 is 5.11 Å². The lowest BCUT2D eigenvalue weighted by Crippen LogP contribution is -2.08. The predicted octanol–water partition coefficient (Wildman–Crippen LogP) is 1.22. The fraction of sp³-hybridized carbons (Fsp3) is 0.429. The lowest BCUT2D eigenvalue weighted by molar-refractivity contribution is 0.145.